The van der Waals surface area contributed by atoms with Gasteiger partial charge in [-0.2, -0.15) is 0 Å². The van der Waals surface area contributed by atoms with Gasteiger partial charge in [0.05, 0.1) is 16.6 Å². The Morgan fingerprint density at radius 3 is 1.68 bits per heavy atom. The summed E-state index contributed by atoms with van der Waals surface area (Å²) in [6, 6.07) is 68.0. The van der Waals surface area contributed by atoms with Crippen molar-refractivity contribution in [2.45, 2.75) is 19.3 Å². The molecule has 282 valence electrons. The molecule has 3 nitrogen and oxygen atoms in total. The fraction of sp³-hybridized carbons (Fsp3) is 0.0526. The molecule has 0 bridgehead atoms. The van der Waals surface area contributed by atoms with Gasteiger partial charge in [0, 0.05) is 55.0 Å². The van der Waals surface area contributed by atoms with Crippen LogP contribution in [0.25, 0.3) is 116 Å². The summed E-state index contributed by atoms with van der Waals surface area (Å²) in [5.74, 6) is 0.427. The summed E-state index contributed by atoms with van der Waals surface area (Å²) in [5.41, 5.74) is 18.9. The largest absolute Gasteiger partial charge is 0.455 e. The molecule has 0 saturated heterocycles. The van der Waals surface area contributed by atoms with Gasteiger partial charge >= 0.3 is 0 Å². The van der Waals surface area contributed by atoms with Gasteiger partial charge < -0.3 is 13.4 Å². The predicted octanol–water partition coefficient (Wildman–Crippen LogP) is 16.1. The summed E-state index contributed by atoms with van der Waals surface area (Å²) in [6.07, 6.45) is 1.08. The van der Waals surface area contributed by atoms with Crippen molar-refractivity contribution in [1.29, 1.82) is 0 Å². The van der Waals surface area contributed by atoms with E-state index in [-0.39, 0.29) is 0 Å². The Kier molecular flexibility index (Phi) is 7.06. The number of para-hydroxylation sites is 4. The summed E-state index contributed by atoms with van der Waals surface area (Å²) in [5, 5.41) is 6.78. The number of fused-ring (bicyclic) bond motifs is 12. The quantitative estimate of drug-likeness (QED) is 0.175. The molecule has 0 radical (unpaired) electrons. The maximum atomic E-state index is 7.16. The molecule has 0 aliphatic heterocycles. The van der Waals surface area contributed by atoms with Gasteiger partial charge in [-0.3, -0.25) is 0 Å². The average Bonchev–Trinajstić information content (AvgIpc) is 4.06. The average molecular weight is 768 g/mol. The number of rotatable bonds is 5. The lowest BCUT2D eigenvalue weighted by atomic mass is 9.93. The minimum absolute atomic E-state index is 0.427. The molecule has 3 heterocycles. The van der Waals surface area contributed by atoms with Gasteiger partial charge in [0.1, 0.15) is 22.3 Å². The molecule has 0 spiro atoms. The van der Waals surface area contributed by atoms with Crippen LogP contribution in [-0.2, 0) is 0 Å². The van der Waals surface area contributed by atoms with Crippen LogP contribution in [0.4, 0.5) is 0 Å². The van der Waals surface area contributed by atoms with Crippen LogP contribution in [0.3, 0.4) is 0 Å². The third kappa shape index (κ3) is 4.66. The first kappa shape index (κ1) is 33.4. The molecule has 1 unspecified atom stereocenters. The Hall–Kier alpha value is -7.62. The molecule has 9 aromatic carbocycles. The van der Waals surface area contributed by atoms with E-state index in [0.29, 0.717) is 5.92 Å². The minimum atomic E-state index is 0.427. The summed E-state index contributed by atoms with van der Waals surface area (Å²) in [4.78, 5) is 0. The number of benzene rings is 9. The molecule has 3 aromatic heterocycles. The molecule has 1 atom stereocenters. The van der Waals surface area contributed by atoms with E-state index in [1.165, 1.54) is 44.1 Å². The van der Waals surface area contributed by atoms with Crippen molar-refractivity contribution in [2.24, 2.45) is 0 Å². The molecule has 12 aromatic rings. The van der Waals surface area contributed by atoms with Crippen molar-refractivity contribution in [3.8, 4) is 50.2 Å². The SMILES string of the molecule is CCC1c2ccccc2-c2cc(-c3cccc4c3oc3c(-c5ccccc5)c5oc6c(-c7ccc8c(c7)c7ccccc7n8-c7ccccc7)cccc6c5cc34)ccc21. The highest BCUT2D eigenvalue weighted by atomic mass is 16.3. The van der Waals surface area contributed by atoms with Crippen LogP contribution >= 0.6 is 0 Å². The smallest absolute Gasteiger partial charge is 0.147 e. The van der Waals surface area contributed by atoms with Crippen LogP contribution in [0.5, 0.6) is 0 Å². The highest BCUT2D eigenvalue weighted by Crippen LogP contribution is 2.50. The number of aromatic nitrogens is 1. The van der Waals surface area contributed by atoms with E-state index in [1.54, 1.807) is 0 Å². The standard InChI is InChI=1S/C57H37NO2/c1-2-38-41-19-9-10-20-42(41)47-31-35(27-29-43(38)47)39-22-13-24-45-49-33-50-46-25-14-23-40(55(46)60-57(50)53(56(49)59-54(39)45)34-15-5-3-6-16-34)36-28-30-52-48(32-36)44-21-11-12-26-51(44)58(52)37-17-7-4-8-18-37/h3-33,38H,2H2,1H3. The second-order valence-corrected chi connectivity index (χ2v) is 16.2. The lowest BCUT2D eigenvalue weighted by molar-refractivity contribution is 0.659. The van der Waals surface area contributed by atoms with Gasteiger partial charge in [-0.25, -0.2) is 0 Å². The van der Waals surface area contributed by atoms with E-state index in [2.05, 4.69) is 200 Å². The van der Waals surface area contributed by atoms with E-state index >= 15 is 0 Å². The Morgan fingerprint density at radius 2 is 0.950 bits per heavy atom. The molecular formula is C57H37NO2. The van der Waals surface area contributed by atoms with Gasteiger partial charge in [0.2, 0.25) is 0 Å². The van der Waals surface area contributed by atoms with Crippen LogP contribution in [-0.4, -0.2) is 4.57 Å². The van der Waals surface area contributed by atoms with Crippen LogP contribution in [0, 0.1) is 0 Å². The molecule has 13 rings (SSSR count). The van der Waals surface area contributed by atoms with Crippen molar-refractivity contribution in [3.05, 3.63) is 199 Å². The molecular weight excluding hydrogens is 731 g/mol. The van der Waals surface area contributed by atoms with Gasteiger partial charge in [-0.15, -0.1) is 0 Å². The fourth-order valence-corrected chi connectivity index (χ4v) is 10.4. The Morgan fingerprint density at radius 1 is 0.383 bits per heavy atom. The molecule has 1 aliphatic rings. The van der Waals surface area contributed by atoms with E-state index in [9.17, 15) is 0 Å². The first-order valence-corrected chi connectivity index (χ1v) is 20.9. The van der Waals surface area contributed by atoms with Gasteiger partial charge in [-0.1, -0.05) is 153 Å². The summed E-state index contributed by atoms with van der Waals surface area (Å²) in [7, 11) is 0. The number of furan rings is 2. The Labute approximate surface area is 346 Å². The lowest BCUT2D eigenvalue weighted by Gasteiger charge is -2.11. The maximum absolute atomic E-state index is 7.16. The zero-order valence-corrected chi connectivity index (χ0v) is 32.9. The van der Waals surface area contributed by atoms with Crippen molar-refractivity contribution in [3.63, 3.8) is 0 Å². The highest BCUT2D eigenvalue weighted by molar-refractivity contribution is 6.24. The summed E-state index contributed by atoms with van der Waals surface area (Å²) in [6.45, 7) is 2.29. The first-order valence-electron chi connectivity index (χ1n) is 20.9. The number of nitrogens with zero attached hydrogens (tertiary/aromatic N) is 1. The van der Waals surface area contributed by atoms with E-state index in [4.69, 9.17) is 8.83 Å². The fourth-order valence-electron chi connectivity index (χ4n) is 10.4. The summed E-state index contributed by atoms with van der Waals surface area (Å²) >= 11 is 0. The van der Waals surface area contributed by atoms with Crippen LogP contribution in [0.2, 0.25) is 0 Å². The molecule has 0 fully saturated rings. The van der Waals surface area contributed by atoms with Gasteiger partial charge in [-0.05, 0) is 87.8 Å². The molecule has 0 saturated carbocycles. The normalized spacial score (nSPS) is 13.7. The number of hydrogen-bond donors (Lipinski definition) is 0. The third-order valence-electron chi connectivity index (χ3n) is 13.1. The van der Waals surface area contributed by atoms with E-state index in [0.717, 1.165) is 89.4 Å². The number of hydrogen-bond acceptors (Lipinski definition) is 2. The molecule has 60 heavy (non-hydrogen) atoms. The second-order valence-electron chi connectivity index (χ2n) is 16.2. The predicted molar refractivity (Wildman–Crippen MR) is 249 cm³/mol. The minimum Gasteiger partial charge on any atom is -0.455 e. The molecule has 1 aliphatic carbocycles. The Balaban J connectivity index is 1.03. The highest BCUT2D eigenvalue weighted by Gasteiger charge is 2.28. The topological polar surface area (TPSA) is 31.2 Å². The molecule has 0 amide bonds. The van der Waals surface area contributed by atoms with Gasteiger partial charge in [0.15, 0.2) is 0 Å². The first-order chi connectivity index (χ1) is 29.7. The Bertz CT molecular complexity index is 3700. The third-order valence-corrected chi connectivity index (χ3v) is 13.1. The lowest BCUT2D eigenvalue weighted by Crippen LogP contribution is -1.93. The molecule has 0 N–H and O–H groups in total. The van der Waals surface area contributed by atoms with E-state index < -0.39 is 0 Å². The van der Waals surface area contributed by atoms with Crippen molar-refractivity contribution >= 4 is 65.7 Å². The molecule has 3 heteroatoms. The summed E-state index contributed by atoms with van der Waals surface area (Å²) < 4.78 is 16.7. The monoisotopic (exact) mass is 767 g/mol. The van der Waals surface area contributed by atoms with Crippen LogP contribution in [0.15, 0.2) is 197 Å². The van der Waals surface area contributed by atoms with Crippen LogP contribution in [0.1, 0.15) is 30.4 Å². The zero-order chi connectivity index (χ0) is 39.5. The van der Waals surface area contributed by atoms with Crippen molar-refractivity contribution < 1.29 is 8.83 Å². The van der Waals surface area contributed by atoms with E-state index in [1.807, 2.05) is 0 Å². The maximum Gasteiger partial charge on any atom is 0.147 e. The van der Waals surface area contributed by atoms with Crippen LogP contribution < -0.4 is 0 Å². The van der Waals surface area contributed by atoms with Gasteiger partial charge in [0.25, 0.3) is 0 Å². The van der Waals surface area contributed by atoms with Crippen molar-refractivity contribution in [2.75, 3.05) is 0 Å². The second kappa shape index (κ2) is 12.7. The van der Waals surface area contributed by atoms with Crippen molar-refractivity contribution in [1.82, 2.24) is 4.57 Å². The zero-order valence-electron chi connectivity index (χ0n) is 32.9.